The molecule has 0 saturated carbocycles. The molecule has 4 heteroatoms. The van der Waals surface area contributed by atoms with Gasteiger partial charge in [0.1, 0.15) is 0 Å². The first-order valence-corrected chi connectivity index (χ1v) is 5.30. The maximum absolute atomic E-state index is 10.9. The van der Waals surface area contributed by atoms with E-state index in [2.05, 4.69) is 10.3 Å². The van der Waals surface area contributed by atoms with E-state index in [-0.39, 0.29) is 6.04 Å². The Bertz CT molecular complexity index is 349. The van der Waals surface area contributed by atoms with E-state index in [1.54, 1.807) is 26.2 Å². The minimum atomic E-state index is -0.793. The van der Waals surface area contributed by atoms with Gasteiger partial charge >= 0.3 is 5.97 Å². The summed E-state index contributed by atoms with van der Waals surface area (Å²) in [6.07, 6.45) is 3.50. The van der Waals surface area contributed by atoms with Crippen LogP contribution in [0.1, 0.15) is 32.4 Å². The SMILES string of the molecule is CC(NCC(C)(C)C(=O)O)c1cccnc1. The highest BCUT2D eigenvalue weighted by Gasteiger charge is 2.27. The lowest BCUT2D eigenvalue weighted by Gasteiger charge is -2.22. The van der Waals surface area contributed by atoms with Gasteiger partial charge in [0.2, 0.25) is 0 Å². The molecule has 2 N–H and O–H groups in total. The number of carboxylic acids is 1. The van der Waals surface area contributed by atoms with Crippen LogP contribution < -0.4 is 5.32 Å². The Balaban J connectivity index is 2.54. The van der Waals surface area contributed by atoms with Crippen molar-refractivity contribution in [2.45, 2.75) is 26.8 Å². The van der Waals surface area contributed by atoms with Gasteiger partial charge in [0.25, 0.3) is 0 Å². The lowest BCUT2D eigenvalue weighted by Crippen LogP contribution is -2.37. The van der Waals surface area contributed by atoms with E-state index >= 15 is 0 Å². The maximum atomic E-state index is 10.9. The first kappa shape index (κ1) is 12.6. The summed E-state index contributed by atoms with van der Waals surface area (Å²) in [4.78, 5) is 14.9. The quantitative estimate of drug-likeness (QED) is 0.798. The van der Waals surface area contributed by atoms with E-state index < -0.39 is 11.4 Å². The number of nitrogens with one attached hydrogen (secondary N) is 1. The number of hydrogen-bond donors (Lipinski definition) is 2. The number of pyridine rings is 1. The molecule has 0 saturated heterocycles. The number of aliphatic carboxylic acids is 1. The van der Waals surface area contributed by atoms with Crippen molar-refractivity contribution in [1.82, 2.24) is 10.3 Å². The number of rotatable bonds is 5. The molecule has 1 aromatic rings. The second kappa shape index (κ2) is 5.07. The zero-order valence-corrected chi connectivity index (χ0v) is 9.90. The molecule has 0 aliphatic heterocycles. The van der Waals surface area contributed by atoms with E-state index in [0.29, 0.717) is 6.54 Å². The minimum Gasteiger partial charge on any atom is -0.481 e. The van der Waals surface area contributed by atoms with E-state index in [1.165, 1.54) is 0 Å². The van der Waals surface area contributed by atoms with Gasteiger partial charge in [-0.1, -0.05) is 6.07 Å². The summed E-state index contributed by atoms with van der Waals surface area (Å²) in [7, 11) is 0. The largest absolute Gasteiger partial charge is 0.481 e. The Morgan fingerprint density at radius 3 is 2.81 bits per heavy atom. The summed E-state index contributed by atoms with van der Waals surface area (Å²) in [5.41, 5.74) is 0.305. The van der Waals surface area contributed by atoms with Crippen molar-refractivity contribution >= 4 is 5.97 Å². The molecule has 0 aromatic carbocycles. The first-order valence-electron chi connectivity index (χ1n) is 5.30. The minimum absolute atomic E-state index is 0.104. The lowest BCUT2D eigenvalue weighted by atomic mass is 9.93. The van der Waals surface area contributed by atoms with Crippen LogP contribution in [-0.2, 0) is 4.79 Å². The average molecular weight is 222 g/mol. The first-order chi connectivity index (χ1) is 7.43. The Labute approximate surface area is 95.7 Å². The highest BCUT2D eigenvalue weighted by atomic mass is 16.4. The van der Waals surface area contributed by atoms with Gasteiger partial charge in [-0.2, -0.15) is 0 Å². The molecule has 0 aliphatic rings. The second-order valence-corrected chi connectivity index (χ2v) is 4.58. The molecule has 1 aromatic heterocycles. The molecule has 0 fully saturated rings. The summed E-state index contributed by atoms with van der Waals surface area (Å²) < 4.78 is 0. The van der Waals surface area contributed by atoms with Crippen molar-refractivity contribution in [1.29, 1.82) is 0 Å². The summed E-state index contributed by atoms with van der Waals surface area (Å²) in [6.45, 7) is 5.84. The number of nitrogens with zero attached hydrogens (tertiary/aromatic N) is 1. The zero-order chi connectivity index (χ0) is 12.2. The molecular formula is C12H18N2O2. The van der Waals surface area contributed by atoms with Crippen LogP contribution in [0.15, 0.2) is 24.5 Å². The Kier molecular flexibility index (Phi) is 4.01. The van der Waals surface area contributed by atoms with Crippen LogP contribution in [0.2, 0.25) is 0 Å². The topological polar surface area (TPSA) is 62.2 Å². The van der Waals surface area contributed by atoms with Crippen LogP contribution in [0.4, 0.5) is 0 Å². The van der Waals surface area contributed by atoms with Crippen molar-refractivity contribution in [2.75, 3.05) is 6.54 Å². The lowest BCUT2D eigenvalue weighted by molar-refractivity contribution is -0.146. The highest BCUT2D eigenvalue weighted by Crippen LogP contribution is 2.16. The summed E-state index contributed by atoms with van der Waals surface area (Å²) in [5, 5.41) is 12.2. The van der Waals surface area contributed by atoms with Crippen LogP contribution in [0.25, 0.3) is 0 Å². The van der Waals surface area contributed by atoms with Crippen LogP contribution in [0.3, 0.4) is 0 Å². The van der Waals surface area contributed by atoms with Crippen molar-refractivity contribution in [2.24, 2.45) is 5.41 Å². The molecular weight excluding hydrogens is 204 g/mol. The number of hydrogen-bond acceptors (Lipinski definition) is 3. The van der Waals surface area contributed by atoms with E-state index in [1.807, 2.05) is 19.1 Å². The fourth-order valence-corrected chi connectivity index (χ4v) is 1.23. The average Bonchev–Trinajstić information content (AvgIpc) is 2.27. The molecule has 1 rings (SSSR count). The van der Waals surface area contributed by atoms with Gasteiger partial charge in [0.05, 0.1) is 5.41 Å². The van der Waals surface area contributed by atoms with Gasteiger partial charge in [-0.25, -0.2) is 0 Å². The van der Waals surface area contributed by atoms with Crippen molar-refractivity contribution in [3.63, 3.8) is 0 Å². The predicted octanol–water partition coefficient (Wildman–Crippen LogP) is 1.84. The Morgan fingerprint density at radius 2 is 2.31 bits per heavy atom. The van der Waals surface area contributed by atoms with Crippen molar-refractivity contribution in [3.8, 4) is 0 Å². The standard InChI is InChI=1S/C12H18N2O2/c1-9(10-5-4-6-13-7-10)14-8-12(2,3)11(15)16/h4-7,9,14H,8H2,1-3H3,(H,15,16). The molecule has 0 bridgehead atoms. The molecule has 0 radical (unpaired) electrons. The summed E-state index contributed by atoms with van der Waals surface area (Å²) in [6, 6.07) is 3.95. The molecule has 0 amide bonds. The van der Waals surface area contributed by atoms with Crippen molar-refractivity contribution in [3.05, 3.63) is 30.1 Å². The molecule has 1 atom stereocenters. The third-order valence-corrected chi connectivity index (χ3v) is 2.61. The molecule has 1 heterocycles. The smallest absolute Gasteiger partial charge is 0.310 e. The molecule has 0 aliphatic carbocycles. The van der Waals surface area contributed by atoms with Gasteiger partial charge in [-0.15, -0.1) is 0 Å². The van der Waals surface area contributed by atoms with E-state index in [0.717, 1.165) is 5.56 Å². The summed E-state index contributed by atoms with van der Waals surface area (Å²) >= 11 is 0. The highest BCUT2D eigenvalue weighted by molar-refractivity contribution is 5.73. The van der Waals surface area contributed by atoms with Gasteiger partial charge < -0.3 is 10.4 Å². The van der Waals surface area contributed by atoms with E-state index in [4.69, 9.17) is 5.11 Å². The number of carboxylic acid groups (broad SMARTS) is 1. The molecule has 0 spiro atoms. The fraction of sp³-hybridized carbons (Fsp3) is 0.500. The predicted molar refractivity (Wildman–Crippen MR) is 62.1 cm³/mol. The molecule has 4 nitrogen and oxygen atoms in total. The van der Waals surface area contributed by atoms with Crippen LogP contribution >= 0.6 is 0 Å². The fourth-order valence-electron chi connectivity index (χ4n) is 1.23. The van der Waals surface area contributed by atoms with Gasteiger partial charge in [-0.3, -0.25) is 9.78 Å². The van der Waals surface area contributed by atoms with Gasteiger partial charge in [0.15, 0.2) is 0 Å². The summed E-state index contributed by atoms with van der Waals surface area (Å²) in [5.74, 6) is -0.793. The zero-order valence-electron chi connectivity index (χ0n) is 9.90. The third kappa shape index (κ3) is 3.31. The Hall–Kier alpha value is -1.42. The molecule has 1 unspecified atom stereocenters. The van der Waals surface area contributed by atoms with Crippen LogP contribution in [0.5, 0.6) is 0 Å². The van der Waals surface area contributed by atoms with E-state index in [9.17, 15) is 4.79 Å². The maximum Gasteiger partial charge on any atom is 0.310 e. The Morgan fingerprint density at radius 1 is 1.62 bits per heavy atom. The van der Waals surface area contributed by atoms with Gasteiger partial charge in [-0.05, 0) is 32.4 Å². The number of carbonyl (C=O) groups is 1. The second-order valence-electron chi connectivity index (χ2n) is 4.58. The molecule has 88 valence electrons. The monoisotopic (exact) mass is 222 g/mol. The third-order valence-electron chi connectivity index (χ3n) is 2.61. The normalized spacial score (nSPS) is 13.4. The van der Waals surface area contributed by atoms with Gasteiger partial charge in [0, 0.05) is 25.0 Å². The van der Waals surface area contributed by atoms with Crippen LogP contribution in [-0.4, -0.2) is 22.6 Å². The molecule has 16 heavy (non-hydrogen) atoms. The van der Waals surface area contributed by atoms with Crippen molar-refractivity contribution < 1.29 is 9.90 Å². The van der Waals surface area contributed by atoms with Crippen LogP contribution in [0, 0.1) is 5.41 Å². The number of aromatic nitrogens is 1.